The topological polar surface area (TPSA) is 106 Å². The molecule has 8 nitrogen and oxygen atoms in total. The minimum atomic E-state index is -0.441. The molecule has 0 spiro atoms. The fraction of sp³-hybridized carbons (Fsp3) is 0.276. The van der Waals surface area contributed by atoms with Crippen molar-refractivity contribution in [1.82, 2.24) is 15.4 Å². The van der Waals surface area contributed by atoms with Crippen molar-refractivity contribution in [2.24, 2.45) is 0 Å². The van der Waals surface area contributed by atoms with E-state index >= 15 is 0 Å². The first-order chi connectivity index (χ1) is 18.7. The molecule has 0 bridgehead atoms. The Balaban J connectivity index is 1.45. The molecule has 0 aliphatic carbocycles. The summed E-state index contributed by atoms with van der Waals surface area (Å²) in [5.74, 6) is -0.350. The van der Waals surface area contributed by atoms with Crippen molar-refractivity contribution in [2.45, 2.75) is 30.4 Å². The summed E-state index contributed by atoms with van der Waals surface area (Å²) in [4.78, 5) is 28.9. The van der Waals surface area contributed by atoms with E-state index in [4.69, 9.17) is 19.7 Å². The molecule has 1 saturated heterocycles. The van der Waals surface area contributed by atoms with Gasteiger partial charge in [-0.25, -0.2) is 15.3 Å². The number of amides is 1. The molecule has 1 unspecified atom stereocenters. The third kappa shape index (κ3) is 5.81. The Bertz CT molecular complexity index is 1390. The zero-order chi connectivity index (χ0) is 26.3. The van der Waals surface area contributed by atoms with Crippen LogP contribution in [0.3, 0.4) is 0 Å². The van der Waals surface area contributed by atoms with Crippen LogP contribution in [0.1, 0.15) is 29.6 Å². The van der Waals surface area contributed by atoms with Crippen molar-refractivity contribution >= 4 is 34.3 Å². The van der Waals surface area contributed by atoms with E-state index in [1.165, 1.54) is 11.8 Å². The summed E-state index contributed by atoms with van der Waals surface area (Å²) in [7, 11) is 0. The van der Waals surface area contributed by atoms with Gasteiger partial charge in [0.1, 0.15) is 0 Å². The van der Waals surface area contributed by atoms with E-state index in [1.807, 2.05) is 48.7 Å². The van der Waals surface area contributed by atoms with E-state index in [0.29, 0.717) is 29.6 Å². The number of aliphatic hydroxyl groups is 1. The van der Waals surface area contributed by atoms with Crippen LogP contribution in [0.4, 0.5) is 5.69 Å². The molecule has 2 aromatic carbocycles. The van der Waals surface area contributed by atoms with Gasteiger partial charge in [-0.3, -0.25) is 9.78 Å². The first kappa shape index (κ1) is 26.1. The average molecular weight is 531 g/mol. The Hall–Kier alpha value is -3.50. The molecule has 5 rings (SSSR count). The second-order valence-electron chi connectivity index (χ2n) is 8.91. The Morgan fingerprint density at radius 2 is 1.82 bits per heavy atom. The fourth-order valence-corrected chi connectivity index (χ4v) is 5.25. The SMILES string of the molecule is CSc1c(-c2ccc(-c3ccc(NCCO)cc3)cc2)nc2ccncc2c1C(=O)NOC1CCCCO1. The number of anilines is 1. The summed E-state index contributed by atoms with van der Waals surface area (Å²) in [5, 5.41) is 12.8. The minimum Gasteiger partial charge on any atom is -0.395 e. The Morgan fingerprint density at radius 1 is 1.08 bits per heavy atom. The van der Waals surface area contributed by atoms with Crippen LogP contribution in [0.2, 0.25) is 0 Å². The molecule has 196 valence electrons. The summed E-state index contributed by atoms with van der Waals surface area (Å²) >= 11 is 1.47. The molecule has 1 aliphatic heterocycles. The molecule has 3 heterocycles. The van der Waals surface area contributed by atoms with E-state index in [0.717, 1.165) is 52.2 Å². The van der Waals surface area contributed by atoms with Crippen molar-refractivity contribution in [3.8, 4) is 22.4 Å². The van der Waals surface area contributed by atoms with E-state index in [9.17, 15) is 4.79 Å². The molecule has 1 atom stereocenters. The summed E-state index contributed by atoms with van der Waals surface area (Å²) in [6, 6.07) is 18.0. The van der Waals surface area contributed by atoms with Gasteiger partial charge in [-0.15, -0.1) is 11.8 Å². The van der Waals surface area contributed by atoms with Gasteiger partial charge >= 0.3 is 0 Å². The molecule has 1 aliphatic rings. The monoisotopic (exact) mass is 530 g/mol. The van der Waals surface area contributed by atoms with Crippen LogP contribution in [-0.2, 0) is 9.57 Å². The van der Waals surface area contributed by atoms with Crippen molar-refractivity contribution in [2.75, 3.05) is 31.3 Å². The first-order valence-corrected chi connectivity index (χ1v) is 13.9. The molecule has 2 aromatic heterocycles. The quantitative estimate of drug-likeness (QED) is 0.198. The number of benzene rings is 2. The molecule has 3 N–H and O–H groups in total. The third-order valence-corrected chi connectivity index (χ3v) is 7.22. The van der Waals surface area contributed by atoms with Crippen LogP contribution < -0.4 is 10.8 Å². The Labute approximate surface area is 225 Å². The number of aliphatic hydroxyl groups excluding tert-OH is 1. The number of aromatic nitrogens is 2. The maximum absolute atomic E-state index is 13.4. The van der Waals surface area contributed by atoms with Gasteiger partial charge in [0.05, 0.1) is 23.4 Å². The number of thioether (sulfide) groups is 1. The van der Waals surface area contributed by atoms with Crippen molar-refractivity contribution in [3.63, 3.8) is 0 Å². The number of carbonyl (C=O) groups is 1. The largest absolute Gasteiger partial charge is 0.395 e. The number of ether oxygens (including phenoxy) is 1. The first-order valence-electron chi connectivity index (χ1n) is 12.6. The lowest BCUT2D eigenvalue weighted by atomic mass is 10.0. The van der Waals surface area contributed by atoms with Crippen molar-refractivity contribution in [1.29, 1.82) is 0 Å². The van der Waals surface area contributed by atoms with E-state index < -0.39 is 6.29 Å². The molecular weight excluding hydrogens is 500 g/mol. The highest BCUT2D eigenvalue weighted by molar-refractivity contribution is 7.98. The lowest BCUT2D eigenvalue weighted by Gasteiger charge is -2.22. The molecule has 1 amide bonds. The molecule has 4 aromatic rings. The van der Waals surface area contributed by atoms with Crippen LogP contribution in [0.15, 0.2) is 71.9 Å². The number of hydroxylamine groups is 1. The van der Waals surface area contributed by atoms with Crippen LogP contribution in [0.5, 0.6) is 0 Å². The standard InChI is InChI=1S/C29H30N4O4S/c1-38-28-26(29(35)33-37-25-4-2-3-17-36-25)23-18-30-14-13-24(23)32-27(28)21-7-5-19(6-8-21)20-9-11-22(12-10-20)31-15-16-34/h5-14,18,25,31,34H,2-4,15-17H2,1H3,(H,33,35). The molecule has 1 fully saturated rings. The van der Waals surface area contributed by atoms with E-state index in [-0.39, 0.29) is 12.5 Å². The normalized spacial score (nSPS) is 15.4. The van der Waals surface area contributed by atoms with E-state index in [2.05, 4.69) is 27.9 Å². The highest BCUT2D eigenvalue weighted by Crippen LogP contribution is 2.36. The number of hydrogen-bond donors (Lipinski definition) is 3. The maximum Gasteiger partial charge on any atom is 0.276 e. The third-order valence-electron chi connectivity index (χ3n) is 6.41. The summed E-state index contributed by atoms with van der Waals surface area (Å²) in [5.41, 5.74) is 8.52. The number of nitrogens with one attached hydrogen (secondary N) is 2. The van der Waals surface area contributed by atoms with Gasteiger partial charge in [0.2, 0.25) is 0 Å². The lowest BCUT2D eigenvalue weighted by molar-refractivity contribution is -0.186. The molecular formula is C29H30N4O4S. The number of carbonyl (C=O) groups excluding carboxylic acids is 1. The number of rotatable bonds is 9. The molecule has 9 heteroatoms. The number of hydrogen-bond acceptors (Lipinski definition) is 8. The zero-order valence-corrected chi connectivity index (χ0v) is 22.0. The van der Waals surface area contributed by atoms with Gasteiger partial charge in [0.15, 0.2) is 6.29 Å². The second kappa shape index (κ2) is 12.4. The zero-order valence-electron chi connectivity index (χ0n) is 21.1. The average Bonchev–Trinajstić information content (AvgIpc) is 2.98. The predicted octanol–water partition coefficient (Wildman–Crippen LogP) is 5.28. The number of nitrogens with zero attached hydrogens (tertiary/aromatic N) is 2. The number of fused-ring (bicyclic) bond motifs is 1. The van der Waals surface area contributed by atoms with Gasteiger partial charge in [0, 0.05) is 53.5 Å². The minimum absolute atomic E-state index is 0.0892. The highest BCUT2D eigenvalue weighted by atomic mass is 32.2. The molecule has 0 radical (unpaired) electrons. The summed E-state index contributed by atoms with van der Waals surface area (Å²) in [6.07, 6.45) is 7.58. The van der Waals surface area contributed by atoms with Crippen molar-refractivity contribution < 1.29 is 19.5 Å². The van der Waals surface area contributed by atoms with Gasteiger partial charge < -0.3 is 15.2 Å². The van der Waals surface area contributed by atoms with Crippen LogP contribution in [0.25, 0.3) is 33.3 Å². The van der Waals surface area contributed by atoms with Crippen LogP contribution >= 0.6 is 11.8 Å². The second-order valence-corrected chi connectivity index (χ2v) is 9.73. The van der Waals surface area contributed by atoms with Gasteiger partial charge in [-0.2, -0.15) is 0 Å². The summed E-state index contributed by atoms with van der Waals surface area (Å²) < 4.78 is 5.59. The highest BCUT2D eigenvalue weighted by Gasteiger charge is 2.23. The van der Waals surface area contributed by atoms with Gasteiger partial charge in [-0.1, -0.05) is 36.4 Å². The van der Waals surface area contributed by atoms with Gasteiger partial charge in [0.25, 0.3) is 5.91 Å². The van der Waals surface area contributed by atoms with Crippen LogP contribution in [-0.4, -0.2) is 53.3 Å². The Morgan fingerprint density at radius 3 is 2.50 bits per heavy atom. The van der Waals surface area contributed by atoms with E-state index in [1.54, 1.807) is 12.4 Å². The van der Waals surface area contributed by atoms with Crippen molar-refractivity contribution in [3.05, 3.63) is 72.6 Å². The molecule has 0 saturated carbocycles. The smallest absolute Gasteiger partial charge is 0.276 e. The number of pyridine rings is 2. The van der Waals surface area contributed by atoms with Gasteiger partial charge in [-0.05, 0) is 48.4 Å². The fourth-order valence-electron chi connectivity index (χ4n) is 4.48. The lowest BCUT2D eigenvalue weighted by Crippen LogP contribution is -2.33. The van der Waals surface area contributed by atoms with Crippen LogP contribution in [0, 0.1) is 0 Å². The predicted molar refractivity (Wildman–Crippen MR) is 150 cm³/mol. The maximum atomic E-state index is 13.4. The Kier molecular flexibility index (Phi) is 8.50. The summed E-state index contributed by atoms with van der Waals surface area (Å²) in [6.45, 7) is 1.23. The molecule has 38 heavy (non-hydrogen) atoms.